The first kappa shape index (κ1) is 32.6. The van der Waals surface area contributed by atoms with E-state index in [9.17, 15) is 0 Å². The Morgan fingerprint density at radius 2 is 0.793 bits per heavy atom. The van der Waals surface area contributed by atoms with Crippen LogP contribution in [0.5, 0.6) is 23.0 Å². The Kier molecular flexibility index (Phi) is 7.14. The van der Waals surface area contributed by atoms with Crippen LogP contribution in [0.2, 0.25) is 0 Å². The van der Waals surface area contributed by atoms with Crippen molar-refractivity contribution in [2.45, 2.75) is 5.41 Å². The Morgan fingerprint density at radius 1 is 0.310 bits per heavy atom. The summed E-state index contributed by atoms with van der Waals surface area (Å²) in [6, 6.07) is 75.6. The number of rotatable bonds is 5. The number of anilines is 3. The zero-order valence-electron chi connectivity index (χ0n) is 31.5. The first-order chi connectivity index (χ1) is 28.8. The van der Waals surface area contributed by atoms with Crippen LogP contribution in [0.25, 0.3) is 44.5 Å². The van der Waals surface area contributed by atoms with Gasteiger partial charge in [-0.15, -0.1) is 0 Å². The van der Waals surface area contributed by atoms with Gasteiger partial charge in [0.05, 0.1) is 5.41 Å². The van der Waals surface area contributed by atoms with E-state index in [0.717, 1.165) is 62.1 Å². The van der Waals surface area contributed by atoms with Crippen LogP contribution < -0.4 is 14.4 Å². The lowest BCUT2D eigenvalue weighted by Gasteiger charge is -2.31. The number of benzene rings is 9. The fourth-order valence-electron chi connectivity index (χ4n) is 9.75. The van der Waals surface area contributed by atoms with Gasteiger partial charge in [0.25, 0.3) is 0 Å². The van der Waals surface area contributed by atoms with Crippen molar-refractivity contribution >= 4 is 17.1 Å². The Balaban J connectivity index is 0.945. The molecule has 0 bridgehead atoms. The molecule has 0 saturated heterocycles. The van der Waals surface area contributed by atoms with Gasteiger partial charge in [-0.05, 0) is 110 Å². The lowest BCUT2D eigenvalue weighted by Crippen LogP contribution is -2.25. The van der Waals surface area contributed by atoms with Gasteiger partial charge in [0.2, 0.25) is 0 Å². The molecule has 0 N–H and O–H groups in total. The van der Waals surface area contributed by atoms with Gasteiger partial charge in [-0.3, -0.25) is 0 Å². The highest BCUT2D eigenvalue weighted by molar-refractivity contribution is 5.98. The number of hydrogen-bond acceptors (Lipinski definition) is 3. The first-order valence-corrected chi connectivity index (χ1v) is 19.8. The summed E-state index contributed by atoms with van der Waals surface area (Å²) in [5.74, 6) is 2.91. The average molecular weight is 742 g/mol. The van der Waals surface area contributed by atoms with Gasteiger partial charge < -0.3 is 14.4 Å². The number of fused-ring (bicyclic) bond motifs is 13. The zero-order chi connectivity index (χ0) is 38.2. The molecule has 9 aromatic rings. The molecule has 0 radical (unpaired) electrons. The van der Waals surface area contributed by atoms with Crippen LogP contribution in [0.15, 0.2) is 212 Å². The monoisotopic (exact) mass is 741 g/mol. The topological polar surface area (TPSA) is 21.7 Å². The number of ether oxygens (including phenoxy) is 2. The molecule has 1 aliphatic heterocycles. The third-order valence-corrected chi connectivity index (χ3v) is 12.1. The third-order valence-electron chi connectivity index (χ3n) is 12.1. The van der Waals surface area contributed by atoms with Crippen molar-refractivity contribution in [3.05, 3.63) is 235 Å². The van der Waals surface area contributed by atoms with E-state index in [0.29, 0.717) is 5.75 Å². The Morgan fingerprint density at radius 3 is 1.48 bits per heavy atom. The van der Waals surface area contributed by atoms with Crippen molar-refractivity contribution in [2.75, 3.05) is 4.90 Å². The third kappa shape index (κ3) is 4.68. The van der Waals surface area contributed by atoms with Crippen LogP contribution in [0.1, 0.15) is 22.3 Å². The molecule has 3 nitrogen and oxygen atoms in total. The Bertz CT molecular complexity index is 2990. The van der Waals surface area contributed by atoms with E-state index < -0.39 is 5.41 Å². The van der Waals surface area contributed by atoms with Gasteiger partial charge in [0, 0.05) is 28.2 Å². The van der Waals surface area contributed by atoms with Gasteiger partial charge in [0.1, 0.15) is 0 Å². The van der Waals surface area contributed by atoms with E-state index in [-0.39, 0.29) is 0 Å². The van der Waals surface area contributed by atoms with E-state index in [1.165, 1.54) is 38.9 Å². The molecule has 1 spiro atoms. The van der Waals surface area contributed by atoms with E-state index in [1.807, 2.05) is 6.07 Å². The van der Waals surface area contributed by atoms with Gasteiger partial charge in [0.15, 0.2) is 23.0 Å². The quantitative estimate of drug-likeness (QED) is 0.175. The molecular weight excluding hydrogens is 707 g/mol. The molecule has 9 aromatic carbocycles. The largest absolute Gasteiger partial charge is 0.449 e. The molecule has 0 fully saturated rings. The maximum Gasteiger partial charge on any atom is 0.178 e. The molecule has 3 aliphatic rings. The smallest absolute Gasteiger partial charge is 0.178 e. The molecule has 0 amide bonds. The number of nitrogens with zero attached hydrogens (tertiary/aromatic N) is 1. The second-order valence-corrected chi connectivity index (χ2v) is 15.2. The normalized spacial score (nSPS) is 13.2. The molecule has 0 saturated carbocycles. The molecule has 2 aliphatic carbocycles. The van der Waals surface area contributed by atoms with Crippen LogP contribution in [0, 0.1) is 0 Å². The second kappa shape index (κ2) is 12.7. The number of para-hydroxylation sites is 3. The minimum Gasteiger partial charge on any atom is -0.449 e. The molecule has 0 atom stereocenters. The highest BCUT2D eigenvalue weighted by atomic mass is 16.6. The standard InChI is InChI=1S/C55H35NO2/c1-3-19-39(20-4-1)56(40-21-5-2-6-22-40)41-23-14-17-37(35-41)36-16-13-18-38(34-36)42-27-15-31-50-53(42)57-51-33-32-49-52(54(51)58-50)45-26-9-12-30-48(45)55(49)46-28-10-7-24-43(46)44-25-8-11-29-47(44)55/h1-35H. The molecule has 3 heteroatoms. The zero-order valence-corrected chi connectivity index (χ0v) is 31.5. The van der Waals surface area contributed by atoms with Crippen molar-refractivity contribution < 1.29 is 9.47 Å². The molecule has 0 aromatic heterocycles. The fraction of sp³-hybridized carbons (Fsp3) is 0.0182. The summed E-state index contributed by atoms with van der Waals surface area (Å²) in [5.41, 5.74) is 17.1. The van der Waals surface area contributed by atoms with Crippen molar-refractivity contribution in [3.63, 3.8) is 0 Å². The van der Waals surface area contributed by atoms with Gasteiger partial charge >= 0.3 is 0 Å². The average Bonchev–Trinajstić information content (AvgIpc) is 3.77. The predicted octanol–water partition coefficient (Wildman–Crippen LogP) is 14.7. The summed E-state index contributed by atoms with van der Waals surface area (Å²) in [5, 5.41) is 0. The SMILES string of the molecule is c1ccc(N(c2ccccc2)c2cccc(-c3cccc(-c4cccc5c4Oc4ccc6c(c4O5)-c4ccccc4C64c5ccccc5-c5ccccc54)c3)c2)cc1. The maximum absolute atomic E-state index is 7.03. The fourth-order valence-corrected chi connectivity index (χ4v) is 9.75. The summed E-state index contributed by atoms with van der Waals surface area (Å²) in [7, 11) is 0. The van der Waals surface area contributed by atoms with Crippen molar-refractivity contribution in [3.8, 4) is 67.5 Å². The lowest BCUT2D eigenvalue weighted by molar-refractivity contribution is 0.361. The molecule has 12 rings (SSSR count). The lowest BCUT2D eigenvalue weighted by atomic mass is 9.70. The maximum atomic E-state index is 7.03. The minimum absolute atomic E-state index is 0.448. The van der Waals surface area contributed by atoms with Crippen LogP contribution in [0.3, 0.4) is 0 Å². The van der Waals surface area contributed by atoms with Crippen LogP contribution in [-0.4, -0.2) is 0 Å². The van der Waals surface area contributed by atoms with E-state index in [1.54, 1.807) is 0 Å². The first-order valence-electron chi connectivity index (χ1n) is 19.8. The highest BCUT2D eigenvalue weighted by Gasteiger charge is 2.53. The van der Waals surface area contributed by atoms with Crippen molar-refractivity contribution in [1.82, 2.24) is 0 Å². The molecule has 58 heavy (non-hydrogen) atoms. The summed E-state index contributed by atoms with van der Waals surface area (Å²) in [4.78, 5) is 2.30. The minimum atomic E-state index is -0.448. The Labute approximate surface area is 337 Å². The van der Waals surface area contributed by atoms with Gasteiger partial charge in [-0.25, -0.2) is 0 Å². The molecular formula is C55H35NO2. The Hall–Kier alpha value is -7.62. The summed E-state index contributed by atoms with van der Waals surface area (Å²) in [6.45, 7) is 0. The van der Waals surface area contributed by atoms with Crippen molar-refractivity contribution in [2.24, 2.45) is 0 Å². The van der Waals surface area contributed by atoms with Crippen LogP contribution >= 0.6 is 0 Å². The van der Waals surface area contributed by atoms with Gasteiger partial charge in [-0.1, -0.05) is 158 Å². The van der Waals surface area contributed by atoms with E-state index in [4.69, 9.17) is 9.47 Å². The van der Waals surface area contributed by atoms with E-state index >= 15 is 0 Å². The van der Waals surface area contributed by atoms with Crippen LogP contribution in [0.4, 0.5) is 17.1 Å². The van der Waals surface area contributed by atoms with Gasteiger partial charge in [-0.2, -0.15) is 0 Å². The molecule has 0 unspecified atom stereocenters. The van der Waals surface area contributed by atoms with Crippen LogP contribution in [-0.2, 0) is 5.41 Å². The second-order valence-electron chi connectivity index (χ2n) is 15.2. The van der Waals surface area contributed by atoms with E-state index in [2.05, 4.69) is 211 Å². The summed E-state index contributed by atoms with van der Waals surface area (Å²) < 4.78 is 14.0. The summed E-state index contributed by atoms with van der Waals surface area (Å²) in [6.07, 6.45) is 0. The predicted molar refractivity (Wildman–Crippen MR) is 235 cm³/mol. The molecule has 272 valence electrons. The highest BCUT2D eigenvalue weighted by Crippen LogP contribution is 2.66. The number of hydrogen-bond donors (Lipinski definition) is 0. The summed E-state index contributed by atoms with van der Waals surface area (Å²) >= 11 is 0. The van der Waals surface area contributed by atoms with Crippen molar-refractivity contribution in [1.29, 1.82) is 0 Å². The molecule has 1 heterocycles.